The number of hydrogen-bond donors (Lipinski definition) is 0. The molecule has 1 heterocycles. The van der Waals surface area contributed by atoms with Crippen molar-refractivity contribution in [1.82, 2.24) is 4.90 Å². The van der Waals surface area contributed by atoms with Crippen LogP contribution in [0.25, 0.3) is 0 Å². The summed E-state index contributed by atoms with van der Waals surface area (Å²) in [5.74, 6) is 0.628. The number of hydrogen-bond acceptors (Lipinski definition) is 6. The lowest BCUT2D eigenvalue weighted by Gasteiger charge is -2.30. The van der Waals surface area contributed by atoms with Crippen LogP contribution in [0.5, 0.6) is 17.2 Å². The molecule has 0 radical (unpaired) electrons. The zero-order valence-corrected chi connectivity index (χ0v) is 17.3. The van der Waals surface area contributed by atoms with E-state index >= 15 is 4.39 Å². The summed E-state index contributed by atoms with van der Waals surface area (Å²) in [6.45, 7) is 1.69. The number of ether oxygens (including phenoxy) is 4. The molecule has 0 aromatic heterocycles. The van der Waals surface area contributed by atoms with Crippen molar-refractivity contribution in [3.05, 3.63) is 53.3 Å². The van der Waals surface area contributed by atoms with Crippen molar-refractivity contribution in [2.75, 3.05) is 21.3 Å². The Balaban J connectivity index is 1.98. The van der Waals surface area contributed by atoms with Crippen LogP contribution < -0.4 is 14.2 Å². The van der Waals surface area contributed by atoms with Crippen molar-refractivity contribution >= 4 is 6.29 Å². The molecule has 1 aliphatic rings. The topological polar surface area (TPSA) is 57.2 Å². The van der Waals surface area contributed by atoms with Gasteiger partial charge in [0.1, 0.15) is 35.6 Å². The third-order valence-electron chi connectivity index (χ3n) is 5.26. The molecule has 4 atom stereocenters. The van der Waals surface area contributed by atoms with E-state index in [0.29, 0.717) is 29.1 Å². The number of alkyl halides is 1. The van der Waals surface area contributed by atoms with Gasteiger partial charge in [-0.25, -0.2) is 13.7 Å². The monoisotopic (exact) mass is 421 g/mol. The van der Waals surface area contributed by atoms with Crippen LogP contribution in [0, 0.1) is 5.82 Å². The molecule has 8 heteroatoms. The lowest BCUT2D eigenvalue weighted by Crippen LogP contribution is -2.43. The van der Waals surface area contributed by atoms with Crippen molar-refractivity contribution in [2.45, 2.75) is 38.0 Å². The van der Waals surface area contributed by atoms with Gasteiger partial charge in [-0.15, -0.1) is 0 Å². The molecule has 0 spiro atoms. The molecular formula is C22H25F2NO5. The van der Waals surface area contributed by atoms with Crippen LogP contribution in [-0.4, -0.2) is 51.0 Å². The van der Waals surface area contributed by atoms with Crippen LogP contribution in [0.15, 0.2) is 36.4 Å². The van der Waals surface area contributed by atoms with Crippen molar-refractivity contribution in [3.63, 3.8) is 0 Å². The number of carbonyl (C=O) groups excluding carboxylic acids is 1. The zero-order valence-electron chi connectivity index (χ0n) is 17.3. The van der Waals surface area contributed by atoms with Crippen LogP contribution in [-0.2, 0) is 16.0 Å². The molecule has 4 unspecified atom stereocenters. The summed E-state index contributed by atoms with van der Waals surface area (Å²) < 4.78 is 51.8. The number of methoxy groups -OCH3 is 3. The summed E-state index contributed by atoms with van der Waals surface area (Å²) in [5.41, 5.74) is 0.634. The lowest BCUT2D eigenvalue weighted by molar-refractivity contribution is -0.115. The Morgan fingerprint density at radius 3 is 2.33 bits per heavy atom. The van der Waals surface area contributed by atoms with E-state index in [4.69, 9.17) is 18.9 Å². The fraction of sp³-hybridized carbons (Fsp3) is 0.409. The second-order valence-corrected chi connectivity index (χ2v) is 6.94. The van der Waals surface area contributed by atoms with Crippen molar-refractivity contribution in [2.24, 2.45) is 0 Å². The second kappa shape index (κ2) is 9.40. The van der Waals surface area contributed by atoms with Gasteiger partial charge in [0.2, 0.25) is 0 Å². The van der Waals surface area contributed by atoms with E-state index in [9.17, 15) is 9.18 Å². The first-order valence-electron chi connectivity index (χ1n) is 9.50. The average Bonchev–Trinajstić information content (AvgIpc) is 3.10. The molecule has 0 N–H and O–H groups in total. The van der Waals surface area contributed by atoms with E-state index in [-0.39, 0.29) is 12.0 Å². The molecule has 2 aromatic rings. The maximum Gasteiger partial charge on any atom is 0.160 e. The molecule has 1 saturated heterocycles. The molecule has 0 bridgehead atoms. The Kier molecular flexibility index (Phi) is 6.89. The Labute approximate surface area is 174 Å². The highest BCUT2D eigenvalue weighted by Gasteiger charge is 2.46. The Bertz CT molecular complexity index is 872. The molecule has 1 aliphatic heterocycles. The predicted octanol–water partition coefficient (Wildman–Crippen LogP) is 3.68. The molecule has 6 nitrogen and oxygen atoms in total. The summed E-state index contributed by atoms with van der Waals surface area (Å²) >= 11 is 0. The van der Waals surface area contributed by atoms with Gasteiger partial charge in [-0.2, -0.15) is 0 Å². The summed E-state index contributed by atoms with van der Waals surface area (Å²) in [7, 11) is 4.39. The minimum absolute atomic E-state index is 0.165. The molecule has 0 saturated carbocycles. The molecule has 0 amide bonds. The van der Waals surface area contributed by atoms with E-state index in [0.717, 1.165) is 0 Å². The number of aldehydes is 1. The normalized spacial score (nSPS) is 22.5. The number of rotatable bonds is 8. The third kappa shape index (κ3) is 4.11. The van der Waals surface area contributed by atoms with Crippen molar-refractivity contribution in [3.8, 4) is 17.2 Å². The fourth-order valence-corrected chi connectivity index (χ4v) is 3.72. The Morgan fingerprint density at radius 2 is 1.80 bits per heavy atom. The minimum Gasteiger partial charge on any atom is -0.497 e. The highest BCUT2D eigenvalue weighted by Crippen LogP contribution is 2.44. The average molecular weight is 421 g/mol. The van der Waals surface area contributed by atoms with Crippen LogP contribution in [0.1, 0.15) is 24.3 Å². The summed E-state index contributed by atoms with van der Waals surface area (Å²) in [6, 6.07) is 8.51. The quantitative estimate of drug-likeness (QED) is 0.479. The molecule has 0 aliphatic carbocycles. The molecule has 1 fully saturated rings. The fourth-order valence-electron chi connectivity index (χ4n) is 3.72. The van der Waals surface area contributed by atoms with Gasteiger partial charge < -0.3 is 23.7 Å². The summed E-state index contributed by atoms with van der Waals surface area (Å²) in [6.07, 6.45) is -2.86. The van der Waals surface area contributed by atoms with Gasteiger partial charge in [-0.3, -0.25) is 0 Å². The summed E-state index contributed by atoms with van der Waals surface area (Å²) in [4.78, 5) is 13.1. The van der Waals surface area contributed by atoms with E-state index in [1.807, 2.05) is 0 Å². The minimum atomic E-state index is -1.70. The van der Waals surface area contributed by atoms with Gasteiger partial charge in [0.25, 0.3) is 0 Å². The third-order valence-corrected chi connectivity index (χ3v) is 5.26. The maximum absolute atomic E-state index is 15.6. The van der Waals surface area contributed by atoms with Gasteiger partial charge in [0, 0.05) is 12.5 Å². The van der Waals surface area contributed by atoms with E-state index in [1.54, 1.807) is 31.2 Å². The first kappa shape index (κ1) is 22.0. The smallest absolute Gasteiger partial charge is 0.160 e. The molecule has 30 heavy (non-hydrogen) atoms. The number of benzene rings is 2. The van der Waals surface area contributed by atoms with E-state index in [2.05, 4.69) is 0 Å². The number of halogens is 2. The van der Waals surface area contributed by atoms with E-state index < -0.39 is 30.5 Å². The van der Waals surface area contributed by atoms with Crippen LogP contribution in [0.4, 0.5) is 8.78 Å². The van der Waals surface area contributed by atoms with Crippen LogP contribution in [0.2, 0.25) is 0 Å². The van der Waals surface area contributed by atoms with Gasteiger partial charge in [0.15, 0.2) is 6.30 Å². The van der Waals surface area contributed by atoms with Crippen LogP contribution in [0.3, 0.4) is 0 Å². The van der Waals surface area contributed by atoms with E-state index in [1.165, 1.54) is 38.4 Å². The molecule has 3 rings (SSSR count). The van der Waals surface area contributed by atoms with Crippen molar-refractivity contribution < 1.29 is 32.5 Å². The number of carbonyl (C=O) groups is 1. The summed E-state index contributed by atoms with van der Waals surface area (Å²) in [5, 5.41) is 0. The molecule has 162 valence electrons. The highest BCUT2D eigenvalue weighted by molar-refractivity contribution is 5.60. The number of nitrogens with zero attached hydrogens (tertiary/aromatic N) is 1. The Hall–Kier alpha value is -2.71. The largest absolute Gasteiger partial charge is 0.497 e. The SMILES string of the molecule is COc1ccc(CC(F)N2C(c3c(OC)cccc3OC)OC(C)C2C=O)c(F)c1. The van der Waals surface area contributed by atoms with Gasteiger partial charge in [-0.1, -0.05) is 12.1 Å². The Morgan fingerprint density at radius 1 is 1.13 bits per heavy atom. The van der Waals surface area contributed by atoms with Gasteiger partial charge in [0.05, 0.1) is 39.0 Å². The van der Waals surface area contributed by atoms with Crippen molar-refractivity contribution in [1.29, 1.82) is 0 Å². The van der Waals surface area contributed by atoms with Gasteiger partial charge >= 0.3 is 0 Å². The first-order valence-corrected chi connectivity index (χ1v) is 9.50. The zero-order chi connectivity index (χ0) is 21.8. The molecular weight excluding hydrogens is 396 g/mol. The standard InChI is InChI=1S/C22H25F2NO5/c1-13-17(12-26)25(20(24)10-14-8-9-15(27-2)11-16(14)23)22(30-13)21-18(28-3)6-5-7-19(21)29-4/h5-9,11-13,17,20,22H,10H2,1-4H3. The van der Waals surface area contributed by atoms with Crippen LogP contribution >= 0.6 is 0 Å². The second-order valence-electron chi connectivity index (χ2n) is 6.94. The molecule has 2 aromatic carbocycles. The predicted molar refractivity (Wildman–Crippen MR) is 106 cm³/mol. The lowest BCUT2D eigenvalue weighted by atomic mass is 10.1. The van der Waals surface area contributed by atoms with Gasteiger partial charge in [-0.05, 0) is 30.7 Å². The highest BCUT2D eigenvalue weighted by atomic mass is 19.1. The maximum atomic E-state index is 15.6. The first-order chi connectivity index (χ1) is 14.4.